The molecule has 1 atom stereocenters. The van der Waals surface area contributed by atoms with Crippen molar-refractivity contribution in [1.29, 1.82) is 0 Å². The number of hydrogen-bond donors (Lipinski definition) is 0. The molecule has 1 heterocycles. The Labute approximate surface area is 91.6 Å². The predicted octanol–water partition coefficient (Wildman–Crippen LogP) is 4.39. The monoisotopic (exact) mass is 211 g/mol. The fraction of sp³-hybridized carbons (Fsp3) is 0.750. The molecule has 0 aromatic carbocycles. The molecule has 0 aliphatic rings. The number of hydrogen-bond acceptors (Lipinski definition) is 2. The Morgan fingerprint density at radius 2 is 2.07 bits per heavy atom. The second kappa shape index (κ2) is 5.50. The summed E-state index contributed by atoms with van der Waals surface area (Å²) in [6, 6.07) is 0. The van der Waals surface area contributed by atoms with Crippen LogP contribution in [0.4, 0.5) is 0 Å². The molecular formula is C12H21NS. The van der Waals surface area contributed by atoms with Crippen molar-refractivity contribution in [2.45, 2.75) is 58.3 Å². The van der Waals surface area contributed by atoms with Crippen LogP contribution < -0.4 is 0 Å². The minimum absolute atomic E-state index is 0.324. The van der Waals surface area contributed by atoms with Gasteiger partial charge in [-0.25, -0.2) is 4.98 Å². The van der Waals surface area contributed by atoms with Crippen LogP contribution in [0.25, 0.3) is 0 Å². The van der Waals surface area contributed by atoms with E-state index in [0.29, 0.717) is 5.41 Å². The summed E-state index contributed by atoms with van der Waals surface area (Å²) in [6.07, 6.45) is 6.38. The average Bonchev–Trinajstić information content (AvgIpc) is 2.68. The Kier molecular flexibility index (Phi) is 4.59. The highest BCUT2D eigenvalue weighted by molar-refractivity contribution is 7.07. The topological polar surface area (TPSA) is 12.9 Å². The molecule has 0 spiro atoms. The molecule has 0 radical (unpaired) electrons. The molecule has 2 heteroatoms. The Hall–Kier alpha value is -0.370. The molecule has 0 bridgehead atoms. The van der Waals surface area contributed by atoms with Gasteiger partial charge in [0.2, 0.25) is 0 Å². The zero-order valence-corrected chi connectivity index (χ0v) is 10.4. The van der Waals surface area contributed by atoms with E-state index in [0.717, 1.165) is 0 Å². The molecule has 1 unspecified atom stereocenters. The van der Waals surface area contributed by atoms with Gasteiger partial charge in [0.05, 0.1) is 11.2 Å². The highest BCUT2D eigenvalue weighted by Crippen LogP contribution is 2.33. The molecule has 0 aliphatic carbocycles. The third kappa shape index (κ3) is 2.81. The highest BCUT2D eigenvalue weighted by Gasteiger charge is 2.26. The zero-order chi connectivity index (χ0) is 10.4. The van der Waals surface area contributed by atoms with Gasteiger partial charge in [-0.3, -0.25) is 0 Å². The van der Waals surface area contributed by atoms with Crippen LogP contribution in [-0.4, -0.2) is 4.98 Å². The molecule has 0 N–H and O–H groups in total. The molecule has 0 saturated carbocycles. The Balaban J connectivity index is 2.70. The number of aromatic nitrogens is 1. The van der Waals surface area contributed by atoms with E-state index in [1.54, 1.807) is 11.3 Å². The van der Waals surface area contributed by atoms with Gasteiger partial charge in [-0.2, -0.15) is 0 Å². The van der Waals surface area contributed by atoms with Crippen molar-refractivity contribution in [1.82, 2.24) is 4.98 Å². The van der Waals surface area contributed by atoms with Gasteiger partial charge in [-0.1, -0.05) is 40.0 Å². The fourth-order valence-electron chi connectivity index (χ4n) is 2.01. The first kappa shape index (κ1) is 11.7. The fourth-order valence-corrected chi connectivity index (χ4v) is 2.72. The highest BCUT2D eigenvalue weighted by atomic mass is 32.1. The normalized spacial score (nSPS) is 15.4. The Morgan fingerprint density at radius 3 is 2.57 bits per heavy atom. The molecule has 0 amide bonds. The largest absolute Gasteiger partial charge is 0.249 e. The van der Waals surface area contributed by atoms with E-state index in [4.69, 9.17) is 0 Å². The van der Waals surface area contributed by atoms with E-state index in [-0.39, 0.29) is 0 Å². The second-order valence-electron chi connectivity index (χ2n) is 4.29. The van der Waals surface area contributed by atoms with Crippen molar-refractivity contribution in [2.24, 2.45) is 0 Å². The number of unbranched alkanes of at least 4 members (excludes halogenated alkanes) is 1. The van der Waals surface area contributed by atoms with Crippen LogP contribution in [0.3, 0.4) is 0 Å². The van der Waals surface area contributed by atoms with Crippen molar-refractivity contribution in [3.8, 4) is 0 Å². The lowest BCUT2D eigenvalue weighted by atomic mass is 9.78. The predicted molar refractivity (Wildman–Crippen MR) is 63.9 cm³/mol. The Bertz CT molecular complexity index is 243. The van der Waals surface area contributed by atoms with Crippen molar-refractivity contribution >= 4 is 11.3 Å². The minimum Gasteiger partial charge on any atom is -0.249 e. The quantitative estimate of drug-likeness (QED) is 0.680. The number of nitrogens with zero attached hydrogens (tertiary/aromatic N) is 1. The molecular weight excluding hydrogens is 190 g/mol. The maximum Gasteiger partial charge on any atom is 0.0794 e. The zero-order valence-electron chi connectivity index (χ0n) is 9.55. The summed E-state index contributed by atoms with van der Waals surface area (Å²) in [4.78, 5) is 4.48. The van der Waals surface area contributed by atoms with Crippen molar-refractivity contribution in [3.05, 3.63) is 16.6 Å². The second-order valence-corrected chi connectivity index (χ2v) is 5.01. The van der Waals surface area contributed by atoms with Crippen LogP contribution in [0.2, 0.25) is 0 Å². The van der Waals surface area contributed by atoms with Gasteiger partial charge in [-0.15, -0.1) is 11.3 Å². The third-order valence-corrected chi connectivity index (χ3v) is 3.52. The molecule has 0 fully saturated rings. The van der Waals surface area contributed by atoms with Crippen LogP contribution in [-0.2, 0) is 5.41 Å². The molecule has 80 valence electrons. The van der Waals surface area contributed by atoms with E-state index in [9.17, 15) is 0 Å². The summed E-state index contributed by atoms with van der Waals surface area (Å²) in [6.45, 7) is 6.88. The lowest BCUT2D eigenvalue weighted by Crippen LogP contribution is -2.22. The first-order chi connectivity index (χ1) is 6.73. The standard InChI is InChI=1S/C12H21NS/c1-4-6-8-12(3,7-5-2)11-9-14-10-13-11/h9-10H,4-8H2,1-3H3. The first-order valence-electron chi connectivity index (χ1n) is 5.61. The van der Waals surface area contributed by atoms with E-state index in [2.05, 4.69) is 31.1 Å². The number of thiazole rings is 1. The summed E-state index contributed by atoms with van der Waals surface area (Å²) < 4.78 is 0. The van der Waals surface area contributed by atoms with Gasteiger partial charge in [0.25, 0.3) is 0 Å². The van der Waals surface area contributed by atoms with Crippen LogP contribution in [0.5, 0.6) is 0 Å². The molecule has 0 aliphatic heterocycles. The van der Waals surface area contributed by atoms with E-state index >= 15 is 0 Å². The van der Waals surface area contributed by atoms with Gasteiger partial charge < -0.3 is 0 Å². The van der Waals surface area contributed by atoms with E-state index < -0.39 is 0 Å². The van der Waals surface area contributed by atoms with Crippen LogP contribution in [0.1, 0.15) is 58.6 Å². The molecule has 0 saturated heterocycles. The Morgan fingerprint density at radius 1 is 1.29 bits per heavy atom. The summed E-state index contributed by atoms with van der Waals surface area (Å²) >= 11 is 1.71. The lowest BCUT2D eigenvalue weighted by molar-refractivity contribution is 0.374. The molecule has 1 aromatic heterocycles. The maximum atomic E-state index is 4.48. The molecule has 1 aromatic rings. The smallest absolute Gasteiger partial charge is 0.0794 e. The van der Waals surface area contributed by atoms with Gasteiger partial charge in [0.1, 0.15) is 0 Å². The van der Waals surface area contributed by atoms with Gasteiger partial charge in [-0.05, 0) is 12.8 Å². The van der Waals surface area contributed by atoms with Crippen LogP contribution in [0, 0.1) is 0 Å². The lowest BCUT2D eigenvalue weighted by Gasteiger charge is -2.27. The van der Waals surface area contributed by atoms with Crippen molar-refractivity contribution in [2.75, 3.05) is 0 Å². The molecule has 1 nitrogen and oxygen atoms in total. The van der Waals surface area contributed by atoms with E-state index in [1.165, 1.54) is 37.8 Å². The van der Waals surface area contributed by atoms with Gasteiger partial charge >= 0.3 is 0 Å². The van der Waals surface area contributed by atoms with Crippen LogP contribution >= 0.6 is 11.3 Å². The summed E-state index contributed by atoms with van der Waals surface area (Å²) in [5.41, 5.74) is 3.58. The summed E-state index contributed by atoms with van der Waals surface area (Å²) in [5.74, 6) is 0. The molecule has 14 heavy (non-hydrogen) atoms. The van der Waals surface area contributed by atoms with Crippen molar-refractivity contribution in [3.63, 3.8) is 0 Å². The van der Waals surface area contributed by atoms with Gasteiger partial charge in [0.15, 0.2) is 0 Å². The van der Waals surface area contributed by atoms with Crippen molar-refractivity contribution < 1.29 is 0 Å². The van der Waals surface area contributed by atoms with E-state index in [1.807, 2.05) is 5.51 Å². The van der Waals surface area contributed by atoms with Crippen LogP contribution in [0.15, 0.2) is 10.9 Å². The average molecular weight is 211 g/mol. The third-order valence-electron chi connectivity index (χ3n) is 2.93. The summed E-state index contributed by atoms with van der Waals surface area (Å²) in [7, 11) is 0. The SMILES string of the molecule is CCCCC(C)(CCC)c1cscn1. The first-order valence-corrected chi connectivity index (χ1v) is 6.56. The maximum absolute atomic E-state index is 4.48. The number of rotatable bonds is 6. The summed E-state index contributed by atoms with van der Waals surface area (Å²) in [5, 5.41) is 2.21. The minimum atomic E-state index is 0.324. The molecule has 1 rings (SSSR count). The van der Waals surface area contributed by atoms with Gasteiger partial charge in [0, 0.05) is 10.8 Å².